The van der Waals surface area contributed by atoms with Crippen LogP contribution >= 0.6 is 0 Å². The van der Waals surface area contributed by atoms with Gasteiger partial charge in [0.05, 0.1) is 11.4 Å². The number of aromatic nitrogens is 4. The summed E-state index contributed by atoms with van der Waals surface area (Å²) in [4.78, 5) is 19.7. The highest BCUT2D eigenvalue weighted by Gasteiger charge is 2.14. The molecular weight excluding hydrogens is 801 g/mol. The molecule has 310 valence electrons. The Morgan fingerprint density at radius 3 is 0.712 bits per heavy atom. The predicted octanol–water partition coefficient (Wildman–Crippen LogP) is 15.9. The zero-order chi connectivity index (χ0) is 44.1. The summed E-state index contributed by atoms with van der Waals surface area (Å²) >= 11 is 0. The van der Waals surface area contributed by atoms with Crippen molar-refractivity contribution in [2.45, 2.75) is 0 Å². The number of hydrogen-bond donors (Lipinski definition) is 0. The second-order valence-electron chi connectivity index (χ2n) is 16.3. The molecule has 0 amide bonds. The van der Waals surface area contributed by atoms with E-state index in [1.807, 2.05) is 72.8 Å². The minimum Gasteiger partial charge on any atom is -0.248 e. The van der Waals surface area contributed by atoms with Crippen LogP contribution < -0.4 is 0 Å². The van der Waals surface area contributed by atoms with Gasteiger partial charge in [-0.25, -0.2) is 19.9 Å². The average Bonchev–Trinajstić information content (AvgIpc) is 3.42. The fourth-order valence-corrected chi connectivity index (χ4v) is 8.43. The summed E-state index contributed by atoms with van der Waals surface area (Å²) in [6.45, 7) is 0. The van der Waals surface area contributed by atoms with Gasteiger partial charge >= 0.3 is 0 Å². The maximum absolute atomic E-state index is 5.07. The number of pyridine rings is 1. The summed E-state index contributed by atoms with van der Waals surface area (Å²) in [6, 6.07) is 89.1. The smallest absolute Gasteiger partial charge is 0.164 e. The minimum absolute atomic E-state index is 0.642. The SMILES string of the molecule is c1ccc(-c2cc(-c3ccc(-c4cccc(-c5ccc(-c6cccc(-c7ccc(-c8nc(-c9ccccc9)nc(-c9ccccc9)n8)cc7)c6)cc5)c4)cc3)cc(-c3ccccc3)n2)cc1. The summed E-state index contributed by atoms with van der Waals surface area (Å²) in [5, 5.41) is 0. The van der Waals surface area contributed by atoms with E-state index in [1.54, 1.807) is 0 Å². The quantitative estimate of drug-likeness (QED) is 0.138. The average molecular weight is 843 g/mol. The molecule has 4 heteroatoms. The zero-order valence-electron chi connectivity index (χ0n) is 36.0. The van der Waals surface area contributed by atoms with E-state index in [4.69, 9.17) is 19.9 Å². The molecule has 0 saturated heterocycles. The molecule has 0 saturated carbocycles. The third kappa shape index (κ3) is 8.59. The number of nitrogens with zero attached hydrogens (tertiary/aromatic N) is 4. The van der Waals surface area contributed by atoms with E-state index in [9.17, 15) is 0 Å². The van der Waals surface area contributed by atoms with Crippen molar-refractivity contribution in [1.29, 1.82) is 0 Å². The van der Waals surface area contributed by atoms with Crippen molar-refractivity contribution < 1.29 is 0 Å². The molecule has 0 radical (unpaired) electrons. The highest BCUT2D eigenvalue weighted by molar-refractivity contribution is 5.81. The first-order valence-electron chi connectivity index (χ1n) is 22.2. The second kappa shape index (κ2) is 18.1. The molecule has 0 unspecified atom stereocenters. The van der Waals surface area contributed by atoms with Crippen LogP contribution in [-0.2, 0) is 0 Å². The largest absolute Gasteiger partial charge is 0.248 e. The number of benzene rings is 9. The van der Waals surface area contributed by atoms with E-state index >= 15 is 0 Å². The number of rotatable bonds is 10. The highest BCUT2D eigenvalue weighted by Crippen LogP contribution is 2.35. The van der Waals surface area contributed by atoms with Gasteiger partial charge in [-0.3, -0.25) is 0 Å². The monoisotopic (exact) mass is 842 g/mol. The predicted molar refractivity (Wildman–Crippen MR) is 272 cm³/mol. The van der Waals surface area contributed by atoms with Gasteiger partial charge < -0.3 is 0 Å². The fourth-order valence-electron chi connectivity index (χ4n) is 8.43. The van der Waals surface area contributed by atoms with Crippen LogP contribution in [0.15, 0.2) is 255 Å². The van der Waals surface area contributed by atoms with E-state index in [0.29, 0.717) is 17.5 Å². The first kappa shape index (κ1) is 40.0. The van der Waals surface area contributed by atoms with Gasteiger partial charge in [0.2, 0.25) is 0 Å². The lowest BCUT2D eigenvalue weighted by Gasteiger charge is -2.12. The van der Waals surface area contributed by atoms with E-state index in [0.717, 1.165) is 72.6 Å². The van der Waals surface area contributed by atoms with Gasteiger partial charge in [0.1, 0.15) is 0 Å². The number of hydrogen-bond acceptors (Lipinski definition) is 4. The Balaban J connectivity index is 0.819. The topological polar surface area (TPSA) is 51.6 Å². The van der Waals surface area contributed by atoms with Gasteiger partial charge in [0, 0.05) is 27.8 Å². The molecule has 0 bridgehead atoms. The Labute approximate surface area is 385 Å². The van der Waals surface area contributed by atoms with Crippen molar-refractivity contribution >= 4 is 0 Å². The lowest BCUT2D eigenvalue weighted by Crippen LogP contribution is -2.00. The van der Waals surface area contributed by atoms with Gasteiger partial charge in [-0.1, -0.05) is 231 Å². The maximum atomic E-state index is 5.07. The first-order valence-corrected chi connectivity index (χ1v) is 22.2. The molecule has 0 fully saturated rings. The molecule has 2 heterocycles. The van der Waals surface area contributed by atoms with Crippen LogP contribution in [0, 0.1) is 0 Å². The normalized spacial score (nSPS) is 11.0. The lowest BCUT2D eigenvalue weighted by molar-refractivity contribution is 1.07. The lowest BCUT2D eigenvalue weighted by atomic mass is 9.94. The molecule has 2 aromatic heterocycles. The Bertz CT molecular complexity index is 3060. The van der Waals surface area contributed by atoms with Crippen LogP contribution in [0.1, 0.15) is 0 Å². The minimum atomic E-state index is 0.642. The van der Waals surface area contributed by atoms with Crippen LogP contribution in [0.3, 0.4) is 0 Å². The maximum Gasteiger partial charge on any atom is 0.164 e. The molecule has 0 aliphatic carbocycles. The molecule has 0 N–H and O–H groups in total. The summed E-state index contributed by atoms with van der Waals surface area (Å²) in [5.41, 5.74) is 18.5. The zero-order valence-corrected chi connectivity index (χ0v) is 36.0. The van der Waals surface area contributed by atoms with Crippen LogP contribution in [0.2, 0.25) is 0 Å². The van der Waals surface area contributed by atoms with Crippen molar-refractivity contribution in [3.05, 3.63) is 255 Å². The molecule has 0 spiro atoms. The Morgan fingerprint density at radius 2 is 0.394 bits per heavy atom. The molecular formula is C62H42N4. The molecule has 9 aromatic carbocycles. The van der Waals surface area contributed by atoms with Crippen LogP contribution in [0.25, 0.3) is 112 Å². The molecule has 0 atom stereocenters. The standard InChI is InChI=1S/C62H42N4/c1-5-15-48(16-6-1)58-41-57(42-59(63-58)49-17-7-2-8-18-49)47-33-31-45(32-34-47)55-25-13-23-53(39-55)43-27-29-44(30-28-43)54-24-14-26-56(40-54)46-35-37-52(38-36-46)62-65-60(50-19-9-3-10-20-50)64-61(66-62)51-21-11-4-12-22-51/h1-42H. The Kier molecular flexibility index (Phi) is 10.9. The molecule has 0 aliphatic rings. The van der Waals surface area contributed by atoms with Crippen molar-refractivity contribution in [1.82, 2.24) is 19.9 Å². The first-order chi connectivity index (χ1) is 32.7. The third-order valence-electron chi connectivity index (χ3n) is 12.0. The molecule has 11 rings (SSSR count). The van der Waals surface area contributed by atoms with Gasteiger partial charge in [-0.05, 0) is 79.9 Å². The fraction of sp³-hybridized carbons (Fsp3) is 0. The van der Waals surface area contributed by atoms with E-state index in [-0.39, 0.29) is 0 Å². The molecule has 0 aliphatic heterocycles. The van der Waals surface area contributed by atoms with Crippen molar-refractivity contribution in [3.63, 3.8) is 0 Å². The van der Waals surface area contributed by atoms with Gasteiger partial charge in [-0.15, -0.1) is 0 Å². The summed E-state index contributed by atoms with van der Waals surface area (Å²) in [6.07, 6.45) is 0. The summed E-state index contributed by atoms with van der Waals surface area (Å²) in [7, 11) is 0. The summed E-state index contributed by atoms with van der Waals surface area (Å²) in [5.74, 6) is 1.94. The van der Waals surface area contributed by atoms with E-state index in [2.05, 4.69) is 182 Å². The van der Waals surface area contributed by atoms with Crippen molar-refractivity contribution in [2.24, 2.45) is 0 Å². The Hall–Kier alpha value is -8.86. The second-order valence-corrected chi connectivity index (χ2v) is 16.3. The van der Waals surface area contributed by atoms with Crippen molar-refractivity contribution in [3.8, 4) is 112 Å². The highest BCUT2D eigenvalue weighted by atomic mass is 15.0. The third-order valence-corrected chi connectivity index (χ3v) is 12.0. The summed E-state index contributed by atoms with van der Waals surface area (Å²) < 4.78 is 0. The van der Waals surface area contributed by atoms with Gasteiger partial charge in [0.15, 0.2) is 17.5 Å². The van der Waals surface area contributed by atoms with Crippen molar-refractivity contribution in [2.75, 3.05) is 0 Å². The molecule has 66 heavy (non-hydrogen) atoms. The van der Waals surface area contributed by atoms with Gasteiger partial charge in [0.25, 0.3) is 0 Å². The Morgan fingerprint density at radius 1 is 0.152 bits per heavy atom. The molecule has 11 aromatic rings. The van der Waals surface area contributed by atoms with Crippen LogP contribution in [0.5, 0.6) is 0 Å². The van der Waals surface area contributed by atoms with E-state index < -0.39 is 0 Å². The van der Waals surface area contributed by atoms with E-state index in [1.165, 1.54) is 22.3 Å². The van der Waals surface area contributed by atoms with Crippen LogP contribution in [-0.4, -0.2) is 19.9 Å². The van der Waals surface area contributed by atoms with Gasteiger partial charge in [-0.2, -0.15) is 0 Å². The van der Waals surface area contributed by atoms with Crippen LogP contribution in [0.4, 0.5) is 0 Å². The molecule has 4 nitrogen and oxygen atoms in total.